The second kappa shape index (κ2) is 7.43. The van der Waals surface area contributed by atoms with E-state index in [2.05, 4.69) is 5.32 Å². The van der Waals surface area contributed by atoms with Gasteiger partial charge in [0, 0.05) is 13.2 Å². The molecule has 0 aliphatic carbocycles. The maximum Gasteiger partial charge on any atom is 0.325 e. The van der Waals surface area contributed by atoms with E-state index in [1.807, 2.05) is 26.0 Å². The van der Waals surface area contributed by atoms with Gasteiger partial charge < -0.3 is 14.6 Å². The van der Waals surface area contributed by atoms with Gasteiger partial charge in [0.2, 0.25) is 0 Å². The zero-order chi connectivity index (χ0) is 15.2. The van der Waals surface area contributed by atoms with Crippen molar-refractivity contribution >= 4 is 5.97 Å². The van der Waals surface area contributed by atoms with Crippen LogP contribution in [0.5, 0.6) is 5.75 Å². The number of carbonyl (C=O) groups is 1. The lowest BCUT2D eigenvalue weighted by molar-refractivity contribution is -0.139. The number of aliphatic carboxylic acids is 1. The molecule has 2 unspecified atom stereocenters. The highest BCUT2D eigenvalue weighted by atomic mass is 16.5. The Kier molecular flexibility index (Phi) is 5.59. The van der Waals surface area contributed by atoms with Crippen molar-refractivity contribution in [3.8, 4) is 5.75 Å². The number of benzene rings is 1. The molecule has 2 N–H and O–H groups in total. The minimum absolute atomic E-state index is 0.0587. The largest absolute Gasteiger partial charge is 0.491 e. The fourth-order valence-electron chi connectivity index (χ4n) is 2.44. The third-order valence-electron chi connectivity index (χ3n) is 3.38. The lowest BCUT2D eigenvalue weighted by Gasteiger charge is -2.19. The molecule has 116 valence electrons. The molecule has 1 fully saturated rings. The fraction of sp³-hybridized carbons (Fsp3) is 0.562. The van der Waals surface area contributed by atoms with Gasteiger partial charge in [-0.2, -0.15) is 0 Å². The molecule has 1 heterocycles. The smallest absolute Gasteiger partial charge is 0.325 e. The van der Waals surface area contributed by atoms with Crippen molar-refractivity contribution in [1.29, 1.82) is 0 Å². The predicted octanol–water partition coefficient (Wildman–Crippen LogP) is 2.37. The van der Waals surface area contributed by atoms with Crippen LogP contribution in [0.2, 0.25) is 0 Å². The van der Waals surface area contributed by atoms with Crippen LogP contribution in [0.4, 0.5) is 0 Å². The molecule has 5 heteroatoms. The van der Waals surface area contributed by atoms with Crippen molar-refractivity contribution in [3.63, 3.8) is 0 Å². The molecule has 1 aliphatic rings. The van der Waals surface area contributed by atoms with Gasteiger partial charge in [-0.3, -0.25) is 10.1 Å². The molecule has 0 radical (unpaired) electrons. The minimum atomic E-state index is -0.894. The topological polar surface area (TPSA) is 67.8 Å². The summed E-state index contributed by atoms with van der Waals surface area (Å²) >= 11 is 0. The van der Waals surface area contributed by atoms with E-state index >= 15 is 0 Å². The van der Waals surface area contributed by atoms with Gasteiger partial charge in [-0.1, -0.05) is 12.1 Å². The maximum absolute atomic E-state index is 11.5. The Morgan fingerprint density at radius 1 is 1.52 bits per heavy atom. The molecule has 1 aliphatic heterocycles. The normalized spacial score (nSPS) is 19.7. The second-order valence-corrected chi connectivity index (χ2v) is 5.55. The van der Waals surface area contributed by atoms with Gasteiger partial charge in [-0.05, 0) is 44.4 Å². The van der Waals surface area contributed by atoms with E-state index in [0.717, 1.165) is 19.4 Å². The molecule has 2 rings (SSSR count). The van der Waals surface area contributed by atoms with Crippen LogP contribution in [0.1, 0.15) is 38.3 Å². The molecular formula is C16H23NO4. The monoisotopic (exact) mass is 293 g/mol. The summed E-state index contributed by atoms with van der Waals surface area (Å²) in [5.74, 6) is -0.206. The van der Waals surface area contributed by atoms with Crippen molar-refractivity contribution in [2.45, 2.75) is 44.9 Å². The Morgan fingerprint density at radius 3 is 2.95 bits per heavy atom. The van der Waals surface area contributed by atoms with Crippen molar-refractivity contribution in [2.75, 3.05) is 13.2 Å². The van der Waals surface area contributed by atoms with E-state index in [4.69, 9.17) is 9.47 Å². The zero-order valence-electron chi connectivity index (χ0n) is 12.5. The van der Waals surface area contributed by atoms with Crippen molar-refractivity contribution in [2.24, 2.45) is 0 Å². The molecule has 0 saturated carbocycles. The van der Waals surface area contributed by atoms with Crippen molar-refractivity contribution in [3.05, 3.63) is 29.8 Å². The molecule has 0 amide bonds. The Balaban J connectivity index is 2.04. The van der Waals surface area contributed by atoms with Gasteiger partial charge >= 0.3 is 5.97 Å². The summed E-state index contributed by atoms with van der Waals surface area (Å²) in [6.45, 7) is 5.20. The SMILES string of the molecule is CC(C)Oc1cccc(C(NCC2CCCO2)C(=O)O)c1. The van der Waals surface area contributed by atoms with E-state index in [1.54, 1.807) is 12.1 Å². The van der Waals surface area contributed by atoms with Crippen LogP contribution < -0.4 is 10.1 Å². The van der Waals surface area contributed by atoms with E-state index in [9.17, 15) is 9.90 Å². The summed E-state index contributed by atoms with van der Waals surface area (Å²) < 4.78 is 11.1. The highest BCUT2D eigenvalue weighted by Crippen LogP contribution is 2.21. The van der Waals surface area contributed by atoms with Crippen LogP contribution in [0.3, 0.4) is 0 Å². The molecule has 21 heavy (non-hydrogen) atoms. The van der Waals surface area contributed by atoms with Crippen LogP contribution >= 0.6 is 0 Å². The number of carboxylic acids is 1. The summed E-state index contributed by atoms with van der Waals surface area (Å²) in [6.07, 6.45) is 2.20. The van der Waals surface area contributed by atoms with E-state index in [0.29, 0.717) is 17.9 Å². The molecule has 0 aromatic heterocycles. The number of hydrogen-bond donors (Lipinski definition) is 2. The summed E-state index contributed by atoms with van der Waals surface area (Å²) in [7, 11) is 0. The van der Waals surface area contributed by atoms with Crippen LogP contribution in [0, 0.1) is 0 Å². The van der Waals surface area contributed by atoms with Gasteiger partial charge in [0.05, 0.1) is 12.2 Å². The predicted molar refractivity (Wildman–Crippen MR) is 79.6 cm³/mol. The third-order valence-corrected chi connectivity index (χ3v) is 3.38. The van der Waals surface area contributed by atoms with Gasteiger partial charge in [0.1, 0.15) is 11.8 Å². The molecule has 2 atom stereocenters. The highest BCUT2D eigenvalue weighted by Gasteiger charge is 2.23. The fourth-order valence-corrected chi connectivity index (χ4v) is 2.44. The van der Waals surface area contributed by atoms with Gasteiger partial charge in [-0.25, -0.2) is 0 Å². The first kappa shape index (κ1) is 15.8. The van der Waals surface area contributed by atoms with Crippen LogP contribution in [-0.4, -0.2) is 36.4 Å². The molecule has 5 nitrogen and oxygen atoms in total. The molecule has 1 aromatic rings. The van der Waals surface area contributed by atoms with Gasteiger partial charge in [-0.15, -0.1) is 0 Å². The molecule has 0 bridgehead atoms. The van der Waals surface area contributed by atoms with Gasteiger partial charge in [0.15, 0.2) is 0 Å². The first-order chi connectivity index (χ1) is 10.1. The summed E-state index contributed by atoms with van der Waals surface area (Å²) in [5, 5.41) is 12.5. The first-order valence-electron chi connectivity index (χ1n) is 7.40. The Labute approximate surface area is 125 Å². The van der Waals surface area contributed by atoms with E-state index in [1.165, 1.54) is 0 Å². The zero-order valence-corrected chi connectivity index (χ0v) is 12.5. The number of ether oxygens (including phenoxy) is 2. The average molecular weight is 293 g/mol. The van der Waals surface area contributed by atoms with E-state index in [-0.39, 0.29) is 12.2 Å². The second-order valence-electron chi connectivity index (χ2n) is 5.55. The Morgan fingerprint density at radius 2 is 2.33 bits per heavy atom. The van der Waals surface area contributed by atoms with Crippen molar-refractivity contribution < 1.29 is 19.4 Å². The van der Waals surface area contributed by atoms with Crippen LogP contribution in [0.25, 0.3) is 0 Å². The maximum atomic E-state index is 11.5. The van der Waals surface area contributed by atoms with Crippen LogP contribution in [0.15, 0.2) is 24.3 Å². The van der Waals surface area contributed by atoms with E-state index < -0.39 is 12.0 Å². The summed E-state index contributed by atoms with van der Waals surface area (Å²) in [5.41, 5.74) is 0.693. The molecule has 1 aromatic carbocycles. The molecule has 0 spiro atoms. The van der Waals surface area contributed by atoms with Gasteiger partial charge in [0.25, 0.3) is 0 Å². The summed E-state index contributed by atoms with van der Waals surface area (Å²) in [4.78, 5) is 11.5. The lowest BCUT2D eigenvalue weighted by atomic mass is 10.1. The lowest BCUT2D eigenvalue weighted by Crippen LogP contribution is -2.34. The number of carboxylic acid groups (broad SMARTS) is 1. The van der Waals surface area contributed by atoms with Crippen molar-refractivity contribution in [1.82, 2.24) is 5.32 Å². The first-order valence-corrected chi connectivity index (χ1v) is 7.40. The average Bonchev–Trinajstić information content (AvgIpc) is 2.91. The Bertz CT molecular complexity index is 469. The summed E-state index contributed by atoms with van der Waals surface area (Å²) in [6, 6.07) is 6.49. The number of nitrogens with one attached hydrogen (secondary N) is 1. The standard InChI is InChI=1S/C16H23NO4/c1-11(2)21-13-6-3-5-12(9-13)15(16(18)19)17-10-14-7-4-8-20-14/h3,5-6,9,11,14-15,17H,4,7-8,10H2,1-2H3,(H,18,19). The molecule has 1 saturated heterocycles. The molecular weight excluding hydrogens is 270 g/mol. The third kappa shape index (κ3) is 4.72. The number of rotatable bonds is 7. The van der Waals surface area contributed by atoms with Crippen LogP contribution in [-0.2, 0) is 9.53 Å². The highest BCUT2D eigenvalue weighted by molar-refractivity contribution is 5.75. The minimum Gasteiger partial charge on any atom is -0.491 e. The quantitative estimate of drug-likeness (QED) is 0.808. The Hall–Kier alpha value is -1.59. The number of hydrogen-bond acceptors (Lipinski definition) is 4.